The summed E-state index contributed by atoms with van der Waals surface area (Å²) in [6.07, 6.45) is 81.6. The summed E-state index contributed by atoms with van der Waals surface area (Å²) in [6.45, 7) is 4.67. The fraction of sp³-hybridized carbons (Fsp3) is 0.677. The van der Waals surface area contributed by atoms with Gasteiger partial charge in [-0.2, -0.15) is 0 Å². The summed E-state index contributed by atoms with van der Waals surface area (Å²) in [6, 6.07) is -0.874. The Balaban J connectivity index is 4.20. The van der Waals surface area contributed by atoms with Gasteiger partial charge in [0, 0.05) is 6.42 Å². The number of likely N-dealkylation sites (N-methyl/N-ethyl adjacent to an activating group) is 1. The molecule has 0 aliphatic heterocycles. The molecule has 3 N–H and O–H groups in total. The summed E-state index contributed by atoms with van der Waals surface area (Å²) in [7, 11) is 1.54. The van der Waals surface area contributed by atoms with Gasteiger partial charge in [-0.25, -0.2) is 4.57 Å². The zero-order valence-electron chi connectivity index (χ0n) is 48.3. The van der Waals surface area contributed by atoms with E-state index in [1.165, 1.54) is 116 Å². The topological polar surface area (TPSA) is 105 Å². The molecule has 0 aromatic rings. The number of phosphoric acid groups is 1. The predicted molar refractivity (Wildman–Crippen MR) is 322 cm³/mol. The number of allylic oxidation sites excluding steroid dienone is 19. The molecule has 0 aliphatic rings. The highest BCUT2D eigenvalue weighted by molar-refractivity contribution is 7.47. The molecule has 0 bridgehead atoms. The van der Waals surface area contributed by atoms with E-state index in [-0.39, 0.29) is 19.1 Å². The molecule has 8 nitrogen and oxygen atoms in total. The first-order valence-electron chi connectivity index (χ1n) is 29.9. The van der Waals surface area contributed by atoms with Gasteiger partial charge in [0.05, 0.1) is 39.9 Å². The lowest BCUT2D eigenvalue weighted by Crippen LogP contribution is -2.45. The molecule has 0 heterocycles. The maximum Gasteiger partial charge on any atom is 0.472 e. The van der Waals surface area contributed by atoms with E-state index in [1.54, 1.807) is 6.08 Å². The van der Waals surface area contributed by atoms with Crippen molar-refractivity contribution < 1.29 is 32.9 Å². The normalized spacial score (nSPS) is 14.7. The number of aliphatic hydroxyl groups is 1. The molecule has 0 aliphatic carbocycles. The molecular weight excluding hydrogens is 936 g/mol. The number of hydrogen-bond acceptors (Lipinski definition) is 5. The number of hydrogen-bond donors (Lipinski definition) is 3. The Morgan fingerprint density at radius 2 is 0.824 bits per heavy atom. The molecule has 9 heteroatoms. The summed E-state index contributed by atoms with van der Waals surface area (Å²) in [5.74, 6) is -0.196. The van der Waals surface area contributed by atoms with E-state index >= 15 is 0 Å². The molecule has 3 unspecified atom stereocenters. The molecule has 0 rings (SSSR count). The van der Waals surface area contributed by atoms with Crippen LogP contribution >= 0.6 is 7.82 Å². The van der Waals surface area contributed by atoms with Crippen LogP contribution in [0, 0.1) is 0 Å². The highest BCUT2D eigenvalue weighted by Gasteiger charge is 2.27. The fourth-order valence-corrected chi connectivity index (χ4v) is 8.75. The number of aliphatic hydroxyl groups excluding tert-OH is 1. The van der Waals surface area contributed by atoms with Crippen LogP contribution in [0.15, 0.2) is 122 Å². The van der Waals surface area contributed by atoms with Gasteiger partial charge in [0.15, 0.2) is 0 Å². The molecule has 1 amide bonds. The number of carbonyl (C=O) groups is 1. The number of phosphoric ester groups is 1. The van der Waals surface area contributed by atoms with Gasteiger partial charge in [-0.15, -0.1) is 0 Å². The van der Waals surface area contributed by atoms with Crippen molar-refractivity contribution >= 4 is 13.7 Å². The number of nitrogens with one attached hydrogen (secondary N) is 1. The quantitative estimate of drug-likeness (QED) is 0.0243. The Hall–Kier alpha value is -3.10. The monoisotopic (exact) mass is 1050 g/mol. The molecule has 0 saturated carbocycles. The Morgan fingerprint density at radius 3 is 1.24 bits per heavy atom. The van der Waals surface area contributed by atoms with E-state index in [1.807, 2.05) is 27.2 Å². The first kappa shape index (κ1) is 70.9. The second-order valence-corrected chi connectivity index (χ2v) is 22.4. The van der Waals surface area contributed by atoms with Crippen LogP contribution in [0.4, 0.5) is 0 Å². The van der Waals surface area contributed by atoms with Gasteiger partial charge in [0.25, 0.3) is 0 Å². The summed E-state index contributed by atoms with van der Waals surface area (Å²) in [5, 5.41) is 13.9. The average Bonchev–Trinajstić information content (AvgIpc) is 3.36. The Kier molecular flexibility index (Phi) is 52.4. The van der Waals surface area contributed by atoms with E-state index in [0.717, 1.165) is 96.3 Å². The van der Waals surface area contributed by atoms with Crippen molar-refractivity contribution in [2.24, 2.45) is 0 Å². The standard InChI is InChI=1S/C65H113N2O6P/c1-6-8-10-12-14-16-18-20-22-24-25-26-27-28-29-30-31-32-33-34-35-36-37-38-39-40-41-43-45-47-49-51-53-55-57-59-65(69)66-63(62-73-74(70,71)72-61-60-67(3,4)5)64(68)58-56-54-52-50-48-46-44-42-23-21-19-17-15-13-11-9-7-2/h8,10,14,16,20,22,25-26,28-29,31-32,34-35,37-38,48,50,56,58,63-64,68H,6-7,9,11-13,15,17-19,21,23-24,27,30,33,36,39-47,49,51-55,57,59-62H2,1-5H3,(H-,66,69,70,71)/p+1/b10-8-,16-14-,22-20-,26-25-,29-28-,32-31-,35-34-,38-37-,50-48+,58-56+. The second-order valence-electron chi connectivity index (χ2n) is 21.0. The first-order valence-corrected chi connectivity index (χ1v) is 31.4. The van der Waals surface area contributed by atoms with Crippen molar-refractivity contribution in [3.8, 4) is 0 Å². The Morgan fingerprint density at radius 1 is 0.473 bits per heavy atom. The molecule has 0 spiro atoms. The average molecular weight is 1050 g/mol. The third kappa shape index (κ3) is 56.6. The van der Waals surface area contributed by atoms with Gasteiger partial charge >= 0.3 is 7.82 Å². The van der Waals surface area contributed by atoms with E-state index in [4.69, 9.17) is 9.05 Å². The number of rotatable bonds is 53. The van der Waals surface area contributed by atoms with Gasteiger partial charge < -0.3 is 19.8 Å². The lowest BCUT2D eigenvalue weighted by Gasteiger charge is -2.25. The van der Waals surface area contributed by atoms with Crippen LogP contribution in [0.1, 0.15) is 232 Å². The van der Waals surface area contributed by atoms with Crippen molar-refractivity contribution in [1.82, 2.24) is 5.32 Å². The number of amides is 1. The molecule has 74 heavy (non-hydrogen) atoms. The van der Waals surface area contributed by atoms with Gasteiger partial charge in [0.2, 0.25) is 5.91 Å². The molecule has 424 valence electrons. The van der Waals surface area contributed by atoms with Crippen LogP contribution in [0.25, 0.3) is 0 Å². The maximum atomic E-state index is 13.0. The van der Waals surface area contributed by atoms with Crippen molar-refractivity contribution in [2.45, 2.75) is 244 Å². The van der Waals surface area contributed by atoms with Gasteiger partial charge in [-0.3, -0.25) is 13.8 Å². The van der Waals surface area contributed by atoms with Crippen LogP contribution in [-0.4, -0.2) is 73.4 Å². The molecule has 0 aromatic heterocycles. The summed E-state index contributed by atoms with van der Waals surface area (Å²) < 4.78 is 23.7. The third-order valence-electron chi connectivity index (χ3n) is 12.7. The number of nitrogens with zero attached hydrogens (tertiary/aromatic N) is 1. The lowest BCUT2D eigenvalue weighted by molar-refractivity contribution is -0.870. The zero-order valence-corrected chi connectivity index (χ0v) is 49.2. The lowest BCUT2D eigenvalue weighted by atomic mass is 10.0. The maximum absolute atomic E-state index is 13.0. The smallest absolute Gasteiger partial charge is 0.387 e. The van der Waals surface area contributed by atoms with Crippen molar-refractivity contribution in [3.63, 3.8) is 0 Å². The Labute approximate surface area is 456 Å². The van der Waals surface area contributed by atoms with E-state index in [0.29, 0.717) is 17.4 Å². The van der Waals surface area contributed by atoms with Crippen LogP contribution in [0.3, 0.4) is 0 Å². The summed E-state index contributed by atoms with van der Waals surface area (Å²) in [5.41, 5.74) is 0. The van der Waals surface area contributed by atoms with E-state index in [9.17, 15) is 19.4 Å². The highest BCUT2D eigenvalue weighted by Crippen LogP contribution is 2.43. The van der Waals surface area contributed by atoms with Crippen LogP contribution < -0.4 is 5.32 Å². The van der Waals surface area contributed by atoms with Crippen LogP contribution in [-0.2, 0) is 18.4 Å². The van der Waals surface area contributed by atoms with Crippen LogP contribution in [0.2, 0.25) is 0 Å². The number of quaternary nitrogens is 1. The number of carbonyl (C=O) groups excluding carboxylic acids is 1. The summed E-state index contributed by atoms with van der Waals surface area (Å²) >= 11 is 0. The molecule has 0 saturated heterocycles. The first-order chi connectivity index (χ1) is 36.0. The van der Waals surface area contributed by atoms with Gasteiger partial charge in [-0.05, 0) is 96.3 Å². The second kappa shape index (κ2) is 54.7. The van der Waals surface area contributed by atoms with Crippen molar-refractivity contribution in [1.29, 1.82) is 0 Å². The largest absolute Gasteiger partial charge is 0.472 e. The van der Waals surface area contributed by atoms with Gasteiger partial charge in [-0.1, -0.05) is 251 Å². The van der Waals surface area contributed by atoms with Crippen LogP contribution in [0.5, 0.6) is 0 Å². The summed E-state index contributed by atoms with van der Waals surface area (Å²) in [4.78, 5) is 23.3. The zero-order chi connectivity index (χ0) is 54.2. The van der Waals surface area contributed by atoms with E-state index < -0.39 is 20.0 Å². The minimum Gasteiger partial charge on any atom is -0.387 e. The van der Waals surface area contributed by atoms with E-state index in [2.05, 4.69) is 129 Å². The SMILES string of the molecule is CC/C=C\C/C=C\C/C=C\C/C=C\C/C=C\C/C=C\C/C=C\C/C=C\CCCCCCCCCCCCC(=O)NC(COP(=O)(O)OCC[N+](C)(C)C)C(O)/C=C/CC/C=C/CCCCCCCCCCCCC. The minimum atomic E-state index is -4.36. The minimum absolute atomic E-state index is 0.0497. The molecule has 0 radical (unpaired) electrons. The predicted octanol–water partition coefficient (Wildman–Crippen LogP) is 18.5. The highest BCUT2D eigenvalue weighted by atomic mass is 31.2. The van der Waals surface area contributed by atoms with Gasteiger partial charge in [0.1, 0.15) is 13.2 Å². The molecule has 3 atom stereocenters. The Bertz CT molecular complexity index is 1620. The molecular formula is C65H114N2O6P+. The molecule has 0 fully saturated rings. The third-order valence-corrected chi connectivity index (χ3v) is 13.6. The number of unbranched alkanes of at least 4 members (excludes halogenated alkanes) is 22. The van der Waals surface area contributed by atoms with Crippen molar-refractivity contribution in [2.75, 3.05) is 40.9 Å². The molecule has 0 aromatic carbocycles. The van der Waals surface area contributed by atoms with Crippen molar-refractivity contribution in [3.05, 3.63) is 122 Å². The fourth-order valence-electron chi connectivity index (χ4n) is 8.01.